The second-order valence-electron chi connectivity index (χ2n) is 8.13. The molecule has 0 spiro atoms. The minimum atomic E-state index is -2.67. The number of hydrogen-bond donors (Lipinski definition) is 1. The Morgan fingerprint density at radius 3 is 2.94 bits per heavy atom. The van der Waals surface area contributed by atoms with E-state index in [1.54, 1.807) is 43.8 Å². The molecule has 5 aromatic heterocycles. The molecule has 0 aliphatic carbocycles. The lowest BCUT2D eigenvalue weighted by Crippen LogP contribution is -2.41. The van der Waals surface area contributed by atoms with E-state index in [0.717, 1.165) is 5.69 Å². The largest absolute Gasteiger partial charge is 0.412 e. The van der Waals surface area contributed by atoms with Crippen molar-refractivity contribution < 1.29 is 18.0 Å². The Morgan fingerprint density at radius 1 is 1.23 bits per heavy atom. The van der Waals surface area contributed by atoms with Crippen molar-refractivity contribution in [2.24, 2.45) is 0 Å². The summed E-state index contributed by atoms with van der Waals surface area (Å²) >= 11 is 0. The fraction of sp³-hybridized carbons (Fsp3) is 0.217. The van der Waals surface area contributed by atoms with Gasteiger partial charge in [-0.25, -0.2) is 18.3 Å². The Labute approximate surface area is 196 Å². The van der Waals surface area contributed by atoms with Crippen molar-refractivity contribution in [2.75, 3.05) is 6.54 Å². The predicted molar refractivity (Wildman–Crippen MR) is 118 cm³/mol. The minimum Gasteiger partial charge on any atom is -0.412 e. The molecule has 5 aromatic rings. The topological polar surface area (TPSA) is 118 Å². The van der Waals surface area contributed by atoms with Crippen LogP contribution in [0.2, 0.25) is 0 Å². The van der Waals surface area contributed by atoms with E-state index >= 15 is 0 Å². The first-order chi connectivity index (χ1) is 17.0. The van der Waals surface area contributed by atoms with Gasteiger partial charge in [0.2, 0.25) is 5.89 Å². The fourth-order valence-corrected chi connectivity index (χ4v) is 4.42. The molecule has 0 fully saturated rings. The first-order valence-corrected chi connectivity index (χ1v) is 10.9. The van der Waals surface area contributed by atoms with Crippen LogP contribution in [0.5, 0.6) is 0 Å². The summed E-state index contributed by atoms with van der Waals surface area (Å²) in [5.41, 5.74) is 3.28. The Morgan fingerprint density at radius 2 is 2.11 bits per heavy atom. The maximum atomic E-state index is 13.6. The highest BCUT2D eigenvalue weighted by Gasteiger charge is 2.38. The smallest absolute Gasteiger partial charge is 0.312 e. The van der Waals surface area contributed by atoms with Crippen molar-refractivity contribution in [3.05, 3.63) is 83.3 Å². The number of halogens is 2. The van der Waals surface area contributed by atoms with Crippen LogP contribution in [0.15, 0.2) is 53.5 Å². The molecule has 0 saturated heterocycles. The Bertz CT molecular complexity index is 1560. The number of aromatic amines is 1. The van der Waals surface area contributed by atoms with Crippen LogP contribution in [-0.4, -0.2) is 52.1 Å². The second kappa shape index (κ2) is 8.08. The zero-order valence-electron chi connectivity index (χ0n) is 18.4. The van der Waals surface area contributed by atoms with Crippen LogP contribution in [0.4, 0.5) is 8.78 Å². The molecule has 0 bridgehead atoms. The summed E-state index contributed by atoms with van der Waals surface area (Å²) in [4.78, 5) is 26.8. The number of pyridine rings is 2. The third-order valence-electron chi connectivity index (χ3n) is 6.10. The molecule has 35 heavy (non-hydrogen) atoms. The van der Waals surface area contributed by atoms with Gasteiger partial charge in [0.1, 0.15) is 6.04 Å². The molecule has 6 heterocycles. The first-order valence-electron chi connectivity index (χ1n) is 10.9. The van der Waals surface area contributed by atoms with Crippen molar-refractivity contribution in [1.82, 2.24) is 39.7 Å². The monoisotopic (exact) mass is 476 g/mol. The van der Waals surface area contributed by atoms with E-state index in [4.69, 9.17) is 4.42 Å². The summed E-state index contributed by atoms with van der Waals surface area (Å²) < 4.78 is 34.3. The van der Waals surface area contributed by atoms with E-state index in [1.165, 1.54) is 21.5 Å². The first kappa shape index (κ1) is 21.1. The molecule has 1 aliphatic rings. The van der Waals surface area contributed by atoms with Crippen LogP contribution < -0.4 is 0 Å². The summed E-state index contributed by atoms with van der Waals surface area (Å²) in [5, 5.41) is 12.5. The van der Waals surface area contributed by atoms with Gasteiger partial charge in [-0.15, -0.1) is 10.2 Å². The lowest BCUT2D eigenvalue weighted by Gasteiger charge is -2.32. The number of aromatic nitrogens is 7. The molecule has 0 saturated carbocycles. The van der Waals surface area contributed by atoms with Gasteiger partial charge < -0.3 is 14.3 Å². The van der Waals surface area contributed by atoms with Crippen molar-refractivity contribution >= 4 is 11.4 Å². The van der Waals surface area contributed by atoms with Gasteiger partial charge >= 0.3 is 11.8 Å². The van der Waals surface area contributed by atoms with Gasteiger partial charge in [0.15, 0.2) is 0 Å². The van der Waals surface area contributed by atoms with Crippen molar-refractivity contribution in [1.29, 1.82) is 0 Å². The summed E-state index contributed by atoms with van der Waals surface area (Å²) in [6.07, 6.45) is 2.64. The molecular formula is C23H18F2N8O2. The predicted octanol–water partition coefficient (Wildman–Crippen LogP) is 3.54. The SMILES string of the molecule is Cc1ncccc1-c1nnc(C(=O)N2CCc3[nH]cnc3[C@H]2c2cc3c(C(F)F)cccn3n2)o1. The van der Waals surface area contributed by atoms with Crippen molar-refractivity contribution in [3.8, 4) is 11.5 Å². The molecule has 0 aromatic carbocycles. The van der Waals surface area contributed by atoms with Crippen LogP contribution in [0.3, 0.4) is 0 Å². The number of amides is 1. The molecule has 6 rings (SSSR count). The highest BCUT2D eigenvalue weighted by atomic mass is 19.3. The van der Waals surface area contributed by atoms with Gasteiger partial charge in [0.05, 0.1) is 28.8 Å². The third-order valence-corrected chi connectivity index (χ3v) is 6.10. The van der Waals surface area contributed by atoms with Crippen molar-refractivity contribution in [3.63, 3.8) is 0 Å². The molecule has 1 aliphatic heterocycles. The zero-order chi connectivity index (χ0) is 24.1. The van der Waals surface area contributed by atoms with Crippen LogP contribution >= 0.6 is 0 Å². The molecule has 1 atom stereocenters. The minimum absolute atomic E-state index is 0.143. The van der Waals surface area contributed by atoms with E-state index in [9.17, 15) is 13.6 Å². The number of hydrogen-bond acceptors (Lipinski definition) is 7. The number of alkyl halides is 2. The lowest BCUT2D eigenvalue weighted by atomic mass is 9.99. The average Bonchev–Trinajstić information content (AvgIpc) is 3.62. The van der Waals surface area contributed by atoms with Crippen LogP contribution in [0, 0.1) is 6.92 Å². The summed E-state index contributed by atoms with van der Waals surface area (Å²) in [6, 6.07) is 7.23. The van der Waals surface area contributed by atoms with Crippen LogP contribution in [0.25, 0.3) is 17.0 Å². The number of imidazole rings is 1. The van der Waals surface area contributed by atoms with Gasteiger partial charge in [0.25, 0.3) is 6.43 Å². The van der Waals surface area contributed by atoms with Gasteiger partial charge in [-0.3, -0.25) is 9.78 Å². The quantitative estimate of drug-likeness (QED) is 0.422. The number of carbonyl (C=O) groups is 1. The molecule has 1 N–H and O–H groups in total. The van der Waals surface area contributed by atoms with Gasteiger partial charge in [0, 0.05) is 42.3 Å². The summed E-state index contributed by atoms with van der Waals surface area (Å²) in [7, 11) is 0. The zero-order valence-corrected chi connectivity index (χ0v) is 18.4. The van der Waals surface area contributed by atoms with Crippen molar-refractivity contribution in [2.45, 2.75) is 25.8 Å². The molecule has 1 amide bonds. The number of H-pyrrole nitrogens is 1. The van der Waals surface area contributed by atoms with Gasteiger partial charge in [-0.1, -0.05) is 0 Å². The van der Waals surface area contributed by atoms with Crippen LogP contribution in [-0.2, 0) is 6.42 Å². The summed E-state index contributed by atoms with van der Waals surface area (Å²) in [6.45, 7) is 2.12. The maximum absolute atomic E-state index is 13.6. The molecule has 0 unspecified atom stereocenters. The van der Waals surface area contributed by atoms with Gasteiger partial charge in [-0.2, -0.15) is 5.10 Å². The average molecular weight is 476 g/mol. The van der Waals surface area contributed by atoms with E-state index in [1.807, 2.05) is 0 Å². The molecule has 12 heteroatoms. The van der Waals surface area contributed by atoms with Gasteiger partial charge in [-0.05, 0) is 37.3 Å². The summed E-state index contributed by atoms with van der Waals surface area (Å²) in [5.74, 6) is -0.512. The molecule has 176 valence electrons. The highest BCUT2D eigenvalue weighted by Crippen LogP contribution is 2.35. The van der Waals surface area contributed by atoms with E-state index in [0.29, 0.717) is 35.6 Å². The maximum Gasteiger partial charge on any atom is 0.312 e. The third kappa shape index (κ3) is 3.45. The lowest BCUT2D eigenvalue weighted by molar-refractivity contribution is 0.0646. The van der Waals surface area contributed by atoms with E-state index in [-0.39, 0.29) is 22.9 Å². The second-order valence-corrected chi connectivity index (χ2v) is 8.13. The molecular weight excluding hydrogens is 458 g/mol. The number of rotatable bonds is 4. The molecule has 0 radical (unpaired) electrons. The van der Waals surface area contributed by atoms with E-state index < -0.39 is 18.4 Å². The normalized spacial score (nSPS) is 15.7. The highest BCUT2D eigenvalue weighted by molar-refractivity contribution is 5.90. The fourth-order valence-electron chi connectivity index (χ4n) is 4.42. The number of carbonyl (C=O) groups excluding carboxylic acids is 1. The standard InChI is InChI=1S/C23H18F2N8O2/c1-12-13(4-2-7-26-12)21-29-30-22(35-21)23(34)32-9-6-15-18(28-11-27-15)19(32)16-10-17-14(20(24)25)5-3-8-33(17)31-16/h2-5,7-8,10-11,19-20H,6,9H2,1H3,(H,27,28)/t19-/m1/s1. The van der Waals surface area contributed by atoms with Crippen LogP contribution in [0.1, 0.15) is 51.5 Å². The number of nitrogens with zero attached hydrogens (tertiary/aromatic N) is 7. The Balaban J connectivity index is 1.42. The Kier molecular flexibility index (Phi) is 4.87. The van der Waals surface area contributed by atoms with E-state index in [2.05, 4.69) is 30.2 Å². The number of fused-ring (bicyclic) bond motifs is 2. The number of nitrogens with one attached hydrogen (secondary N) is 1. The number of aryl methyl sites for hydroxylation is 1. The molecule has 10 nitrogen and oxygen atoms in total. The Hall–Kier alpha value is -4.48.